The van der Waals surface area contributed by atoms with Crippen LogP contribution in [0.2, 0.25) is 0 Å². The van der Waals surface area contributed by atoms with E-state index in [4.69, 9.17) is 0 Å². The van der Waals surface area contributed by atoms with Crippen LogP contribution in [0.15, 0.2) is 39.3 Å². The molecule has 8 heteroatoms. The number of hydrogen-bond acceptors (Lipinski definition) is 6. The molecule has 1 heterocycles. The molecule has 2 atom stereocenters. The summed E-state index contributed by atoms with van der Waals surface area (Å²) in [6.07, 6.45) is 6.63. The van der Waals surface area contributed by atoms with Gasteiger partial charge in [-0.15, -0.1) is 10.2 Å². The predicted molar refractivity (Wildman–Crippen MR) is 142 cm³/mol. The van der Waals surface area contributed by atoms with Gasteiger partial charge in [0.1, 0.15) is 11.6 Å². The van der Waals surface area contributed by atoms with Gasteiger partial charge in [0, 0.05) is 18.7 Å². The Morgan fingerprint density at radius 1 is 1.08 bits per heavy atom. The third-order valence-corrected chi connectivity index (χ3v) is 6.37. The summed E-state index contributed by atoms with van der Waals surface area (Å²) in [5.74, 6) is 0.150. The van der Waals surface area contributed by atoms with Crippen LogP contribution in [0, 0.1) is 30.1 Å². The van der Waals surface area contributed by atoms with E-state index in [2.05, 4.69) is 42.9 Å². The van der Waals surface area contributed by atoms with Crippen LogP contribution in [0.1, 0.15) is 87.7 Å². The van der Waals surface area contributed by atoms with Crippen molar-refractivity contribution in [2.75, 3.05) is 13.1 Å². The van der Waals surface area contributed by atoms with Crippen molar-refractivity contribution in [3.63, 3.8) is 0 Å². The van der Waals surface area contributed by atoms with E-state index in [1.165, 1.54) is 6.92 Å². The van der Waals surface area contributed by atoms with Crippen molar-refractivity contribution in [1.82, 2.24) is 9.88 Å². The topological polar surface area (TPSA) is 122 Å². The molecule has 2 unspecified atom stereocenters. The molecule has 0 fully saturated rings. The van der Waals surface area contributed by atoms with E-state index in [9.17, 15) is 20.0 Å². The van der Waals surface area contributed by atoms with Crippen LogP contribution in [-0.4, -0.2) is 34.0 Å². The van der Waals surface area contributed by atoms with Crippen molar-refractivity contribution in [2.24, 2.45) is 22.1 Å². The van der Waals surface area contributed by atoms with Crippen LogP contribution in [0.5, 0.6) is 5.88 Å². The van der Waals surface area contributed by atoms with Crippen LogP contribution >= 0.6 is 0 Å². The Hall–Kier alpha value is -3.47. The molecule has 1 amide bonds. The quantitative estimate of drug-likeness (QED) is 0.299. The van der Waals surface area contributed by atoms with Gasteiger partial charge < -0.3 is 10.0 Å². The number of nitrogens with zero attached hydrogens (tertiary/aromatic N) is 4. The molecule has 2 rings (SSSR count). The lowest BCUT2D eigenvalue weighted by Crippen LogP contribution is -2.38. The average molecular weight is 494 g/mol. The summed E-state index contributed by atoms with van der Waals surface area (Å²) in [4.78, 5) is 30.2. The minimum atomic E-state index is -0.660. The molecule has 2 N–H and O–H groups in total. The molecule has 0 aliphatic carbocycles. The zero-order chi connectivity index (χ0) is 26.7. The lowest BCUT2D eigenvalue weighted by atomic mass is 10.00. The molecule has 0 aliphatic rings. The van der Waals surface area contributed by atoms with Gasteiger partial charge in [0.2, 0.25) is 5.88 Å². The fourth-order valence-electron chi connectivity index (χ4n) is 4.25. The molecule has 1 aromatic carbocycles. The number of benzene rings is 1. The summed E-state index contributed by atoms with van der Waals surface area (Å²) < 4.78 is 0. The minimum absolute atomic E-state index is 0.0683. The Balaban J connectivity index is 2.40. The molecule has 0 radical (unpaired) electrons. The SMILES string of the molecule is CCCCC(C)CN(CC(C)CCCC)C(=O)c1ccccc1N=Nc1c(C)c(C#N)c(O)[nH]c1=O. The first kappa shape index (κ1) is 28.8. The number of aromatic nitrogens is 1. The summed E-state index contributed by atoms with van der Waals surface area (Å²) in [6, 6.07) is 8.82. The fourth-order valence-corrected chi connectivity index (χ4v) is 4.25. The number of azo groups is 1. The Bertz CT molecular complexity index is 1130. The Kier molecular flexibility index (Phi) is 11.3. The van der Waals surface area contributed by atoms with E-state index >= 15 is 0 Å². The number of unbranched alkanes of at least 4 members (excludes halogenated alkanes) is 2. The molecular weight excluding hydrogens is 454 g/mol. The van der Waals surface area contributed by atoms with Crippen molar-refractivity contribution in [3.05, 3.63) is 51.3 Å². The standard InChI is InChI=1S/C28H39N5O3/c1-6-8-12-19(3)17-33(18-20(4)13-9-7-2)28(36)22-14-10-11-15-24(22)31-32-25-21(5)23(16-29)26(34)30-27(25)35/h10-11,14-15,19-20H,6-9,12-13,17-18H2,1-5H3,(H2,30,34,35). The van der Waals surface area contributed by atoms with Crippen LogP contribution in [0.4, 0.5) is 11.4 Å². The van der Waals surface area contributed by atoms with Gasteiger partial charge in [-0.1, -0.05) is 65.5 Å². The number of carbonyl (C=O) groups excluding carboxylic acids is 1. The molecular formula is C28H39N5O3. The van der Waals surface area contributed by atoms with Crippen molar-refractivity contribution in [2.45, 2.75) is 73.1 Å². The number of aromatic hydroxyl groups is 1. The zero-order valence-corrected chi connectivity index (χ0v) is 22.2. The molecule has 0 saturated carbocycles. The lowest BCUT2D eigenvalue weighted by molar-refractivity contribution is 0.0700. The first-order valence-corrected chi connectivity index (χ1v) is 12.9. The van der Waals surface area contributed by atoms with E-state index in [1.807, 2.05) is 11.0 Å². The lowest BCUT2D eigenvalue weighted by Gasteiger charge is -2.29. The second-order valence-corrected chi connectivity index (χ2v) is 9.69. The van der Waals surface area contributed by atoms with E-state index in [0.29, 0.717) is 36.2 Å². The number of nitrogens with one attached hydrogen (secondary N) is 1. The number of H-pyrrole nitrogens is 1. The maximum Gasteiger partial charge on any atom is 0.278 e. The Morgan fingerprint density at radius 2 is 1.67 bits per heavy atom. The maximum atomic E-state index is 13.8. The molecule has 0 spiro atoms. The first-order valence-electron chi connectivity index (χ1n) is 12.9. The van der Waals surface area contributed by atoms with Crippen molar-refractivity contribution < 1.29 is 9.90 Å². The van der Waals surface area contributed by atoms with Crippen LogP contribution in [-0.2, 0) is 0 Å². The van der Waals surface area contributed by atoms with Gasteiger partial charge in [-0.25, -0.2) is 0 Å². The van der Waals surface area contributed by atoms with Gasteiger partial charge in [0.25, 0.3) is 11.5 Å². The highest BCUT2D eigenvalue weighted by Gasteiger charge is 2.23. The first-order chi connectivity index (χ1) is 17.2. The van der Waals surface area contributed by atoms with Crippen molar-refractivity contribution >= 4 is 17.3 Å². The smallest absolute Gasteiger partial charge is 0.278 e. The summed E-state index contributed by atoms with van der Waals surface area (Å²) in [5, 5.41) is 27.4. The monoisotopic (exact) mass is 493 g/mol. The molecule has 2 aromatic rings. The van der Waals surface area contributed by atoms with E-state index in [0.717, 1.165) is 38.5 Å². The van der Waals surface area contributed by atoms with Crippen molar-refractivity contribution in [3.8, 4) is 11.9 Å². The molecule has 0 saturated heterocycles. The van der Waals surface area contributed by atoms with Gasteiger partial charge in [0.15, 0.2) is 5.69 Å². The fraction of sp³-hybridized carbons (Fsp3) is 0.536. The van der Waals surface area contributed by atoms with Gasteiger partial charge in [-0.3, -0.25) is 14.6 Å². The van der Waals surface area contributed by atoms with Crippen molar-refractivity contribution in [1.29, 1.82) is 5.26 Å². The Morgan fingerprint density at radius 3 is 2.22 bits per heavy atom. The largest absolute Gasteiger partial charge is 0.494 e. The second kappa shape index (κ2) is 14.2. The van der Waals surface area contributed by atoms with E-state index in [1.54, 1.807) is 24.3 Å². The molecule has 0 aliphatic heterocycles. The van der Waals surface area contributed by atoms with Gasteiger partial charge >= 0.3 is 0 Å². The summed E-state index contributed by atoms with van der Waals surface area (Å²) in [6.45, 7) is 11.6. The highest BCUT2D eigenvalue weighted by Crippen LogP contribution is 2.27. The van der Waals surface area contributed by atoms with Gasteiger partial charge in [-0.2, -0.15) is 5.26 Å². The minimum Gasteiger partial charge on any atom is -0.494 e. The average Bonchev–Trinajstić information content (AvgIpc) is 2.85. The van der Waals surface area contributed by atoms with E-state index < -0.39 is 11.4 Å². The third-order valence-electron chi connectivity index (χ3n) is 6.37. The highest BCUT2D eigenvalue weighted by molar-refractivity contribution is 5.99. The number of hydrogen-bond donors (Lipinski definition) is 2. The van der Waals surface area contributed by atoms with Gasteiger partial charge in [-0.05, 0) is 43.7 Å². The van der Waals surface area contributed by atoms with E-state index in [-0.39, 0.29) is 22.7 Å². The van der Waals surface area contributed by atoms with Gasteiger partial charge in [0.05, 0.1) is 11.3 Å². The number of aromatic amines is 1. The number of rotatable bonds is 13. The predicted octanol–water partition coefficient (Wildman–Crippen LogP) is 6.77. The zero-order valence-electron chi connectivity index (χ0n) is 22.2. The summed E-state index contributed by atoms with van der Waals surface area (Å²) >= 11 is 0. The molecule has 8 nitrogen and oxygen atoms in total. The van der Waals surface area contributed by atoms with Crippen LogP contribution in [0.25, 0.3) is 0 Å². The second-order valence-electron chi connectivity index (χ2n) is 9.69. The number of pyridine rings is 1. The summed E-state index contributed by atoms with van der Waals surface area (Å²) in [7, 11) is 0. The molecule has 36 heavy (non-hydrogen) atoms. The highest BCUT2D eigenvalue weighted by atomic mass is 16.3. The number of amides is 1. The molecule has 0 bridgehead atoms. The summed E-state index contributed by atoms with van der Waals surface area (Å²) in [5.41, 5.74) is 0.182. The number of carbonyl (C=O) groups is 1. The van der Waals surface area contributed by atoms with Crippen LogP contribution in [0.3, 0.4) is 0 Å². The maximum absolute atomic E-state index is 13.8. The third kappa shape index (κ3) is 7.77. The Labute approximate surface area is 214 Å². The molecule has 194 valence electrons. The normalized spacial score (nSPS) is 12.9. The molecule has 1 aromatic heterocycles. The van der Waals surface area contributed by atoms with Crippen LogP contribution < -0.4 is 5.56 Å². The number of nitriles is 1.